The van der Waals surface area contributed by atoms with E-state index in [2.05, 4.69) is 5.32 Å². The lowest BCUT2D eigenvalue weighted by atomic mass is 10.1. The van der Waals surface area contributed by atoms with Gasteiger partial charge in [0, 0.05) is 24.2 Å². The zero-order chi connectivity index (χ0) is 14.5. The molecule has 0 fully saturated rings. The molecule has 0 aliphatic rings. The van der Waals surface area contributed by atoms with Gasteiger partial charge in [-0.25, -0.2) is 0 Å². The SMILES string of the molecule is Cc1c(N)cccc1C(=O)NCCCCC(F)(F)F. The Morgan fingerprint density at radius 2 is 2.00 bits per heavy atom. The van der Waals surface area contributed by atoms with Crippen LogP contribution in [-0.2, 0) is 0 Å². The highest BCUT2D eigenvalue weighted by atomic mass is 19.4. The van der Waals surface area contributed by atoms with Crippen LogP contribution in [0, 0.1) is 6.92 Å². The number of rotatable bonds is 5. The van der Waals surface area contributed by atoms with Crippen LogP contribution >= 0.6 is 0 Å². The molecule has 0 saturated heterocycles. The number of carbonyl (C=O) groups excluding carboxylic acids is 1. The Hall–Kier alpha value is -1.72. The number of nitrogens with one attached hydrogen (secondary N) is 1. The lowest BCUT2D eigenvalue weighted by molar-refractivity contribution is -0.135. The standard InChI is InChI=1S/C13H17F3N2O/c1-9-10(5-4-6-11(9)17)12(19)18-8-3-2-7-13(14,15)16/h4-6H,2-3,7-8,17H2,1H3,(H,18,19). The van der Waals surface area contributed by atoms with E-state index >= 15 is 0 Å². The summed E-state index contributed by atoms with van der Waals surface area (Å²) in [4.78, 5) is 11.8. The van der Waals surface area contributed by atoms with Gasteiger partial charge < -0.3 is 11.1 Å². The second-order valence-electron chi connectivity index (χ2n) is 4.35. The molecule has 3 nitrogen and oxygen atoms in total. The second-order valence-corrected chi connectivity index (χ2v) is 4.35. The van der Waals surface area contributed by atoms with Gasteiger partial charge in [-0.2, -0.15) is 13.2 Å². The van der Waals surface area contributed by atoms with Gasteiger partial charge in [-0.05, 0) is 37.5 Å². The molecule has 19 heavy (non-hydrogen) atoms. The third kappa shape index (κ3) is 5.19. The average Bonchev–Trinajstić information content (AvgIpc) is 2.30. The smallest absolute Gasteiger partial charge is 0.389 e. The fourth-order valence-corrected chi connectivity index (χ4v) is 1.65. The molecule has 0 aromatic heterocycles. The number of anilines is 1. The summed E-state index contributed by atoms with van der Waals surface area (Å²) >= 11 is 0. The van der Waals surface area contributed by atoms with Crippen LogP contribution in [-0.4, -0.2) is 18.6 Å². The molecule has 0 saturated carbocycles. The van der Waals surface area contributed by atoms with E-state index < -0.39 is 12.6 Å². The summed E-state index contributed by atoms with van der Waals surface area (Å²) in [5.74, 6) is -0.309. The molecule has 0 unspecified atom stereocenters. The Morgan fingerprint density at radius 3 is 2.63 bits per heavy atom. The third-order valence-corrected chi connectivity index (χ3v) is 2.79. The van der Waals surface area contributed by atoms with Crippen LogP contribution in [0.3, 0.4) is 0 Å². The maximum Gasteiger partial charge on any atom is 0.389 e. The van der Waals surface area contributed by atoms with Crippen LogP contribution in [0.5, 0.6) is 0 Å². The average molecular weight is 274 g/mol. The molecule has 1 aromatic rings. The van der Waals surface area contributed by atoms with Gasteiger partial charge in [-0.15, -0.1) is 0 Å². The maximum atomic E-state index is 11.9. The van der Waals surface area contributed by atoms with Crippen LogP contribution in [0.2, 0.25) is 0 Å². The van der Waals surface area contributed by atoms with Crippen molar-refractivity contribution in [1.29, 1.82) is 0 Å². The Bertz CT molecular complexity index is 444. The van der Waals surface area contributed by atoms with Crippen LogP contribution in [0.1, 0.15) is 35.2 Å². The Balaban J connectivity index is 2.38. The summed E-state index contributed by atoms with van der Waals surface area (Å²) in [6.45, 7) is 1.96. The van der Waals surface area contributed by atoms with E-state index in [1.165, 1.54) is 0 Å². The van der Waals surface area contributed by atoms with Gasteiger partial charge in [0.05, 0.1) is 0 Å². The number of halogens is 3. The molecule has 106 valence electrons. The first kappa shape index (κ1) is 15.3. The number of carbonyl (C=O) groups is 1. The number of benzene rings is 1. The zero-order valence-corrected chi connectivity index (χ0v) is 10.7. The molecule has 1 amide bonds. The molecule has 6 heteroatoms. The molecule has 0 atom stereocenters. The summed E-state index contributed by atoms with van der Waals surface area (Å²) in [6, 6.07) is 4.99. The number of hydrogen-bond donors (Lipinski definition) is 2. The normalized spacial score (nSPS) is 11.4. The van der Waals surface area contributed by atoms with Crippen molar-refractivity contribution in [3.63, 3.8) is 0 Å². The molecule has 0 aliphatic heterocycles. The van der Waals surface area contributed by atoms with Gasteiger partial charge in [-0.1, -0.05) is 6.07 Å². The molecule has 0 radical (unpaired) electrons. The molecular weight excluding hydrogens is 257 g/mol. The van der Waals surface area contributed by atoms with Crippen molar-refractivity contribution in [2.75, 3.05) is 12.3 Å². The van der Waals surface area contributed by atoms with E-state index in [9.17, 15) is 18.0 Å². The van der Waals surface area contributed by atoms with E-state index in [0.717, 1.165) is 0 Å². The largest absolute Gasteiger partial charge is 0.398 e. The Labute approximate surface area is 110 Å². The van der Waals surface area contributed by atoms with Crippen molar-refractivity contribution in [3.05, 3.63) is 29.3 Å². The summed E-state index contributed by atoms with van der Waals surface area (Å²) in [6.07, 6.45) is -4.64. The predicted octanol–water partition coefficient (Wildman–Crippen LogP) is 3.04. The van der Waals surface area contributed by atoms with E-state index in [1.807, 2.05) is 0 Å². The number of nitrogens with two attached hydrogens (primary N) is 1. The van der Waals surface area contributed by atoms with Gasteiger partial charge >= 0.3 is 6.18 Å². The minimum absolute atomic E-state index is 0.0136. The number of nitrogen functional groups attached to an aromatic ring is 1. The number of hydrogen-bond acceptors (Lipinski definition) is 2. The van der Waals surface area contributed by atoms with Crippen LogP contribution < -0.4 is 11.1 Å². The van der Waals surface area contributed by atoms with Gasteiger partial charge in [0.1, 0.15) is 0 Å². The lowest BCUT2D eigenvalue weighted by Gasteiger charge is -2.09. The van der Waals surface area contributed by atoms with Gasteiger partial charge in [-0.3, -0.25) is 4.79 Å². The molecule has 0 aliphatic carbocycles. The van der Waals surface area contributed by atoms with E-state index in [1.54, 1.807) is 25.1 Å². The molecule has 1 aromatic carbocycles. The maximum absolute atomic E-state index is 11.9. The highest BCUT2D eigenvalue weighted by Gasteiger charge is 2.25. The number of amides is 1. The lowest BCUT2D eigenvalue weighted by Crippen LogP contribution is -2.25. The minimum Gasteiger partial charge on any atom is -0.398 e. The highest BCUT2D eigenvalue weighted by molar-refractivity contribution is 5.96. The zero-order valence-electron chi connectivity index (χ0n) is 10.7. The van der Waals surface area contributed by atoms with Crippen molar-refractivity contribution in [2.24, 2.45) is 0 Å². The molecule has 1 rings (SSSR count). The Morgan fingerprint density at radius 1 is 1.32 bits per heavy atom. The molecule has 0 heterocycles. The first-order valence-corrected chi connectivity index (χ1v) is 6.01. The predicted molar refractivity (Wildman–Crippen MR) is 67.8 cm³/mol. The van der Waals surface area contributed by atoms with Crippen molar-refractivity contribution >= 4 is 11.6 Å². The highest BCUT2D eigenvalue weighted by Crippen LogP contribution is 2.22. The van der Waals surface area contributed by atoms with Crippen molar-refractivity contribution in [2.45, 2.75) is 32.4 Å². The van der Waals surface area contributed by atoms with E-state index in [4.69, 9.17) is 5.73 Å². The number of unbranched alkanes of at least 4 members (excludes halogenated alkanes) is 1. The number of alkyl halides is 3. The van der Waals surface area contributed by atoms with E-state index in [-0.39, 0.29) is 18.9 Å². The van der Waals surface area contributed by atoms with Crippen LogP contribution in [0.25, 0.3) is 0 Å². The summed E-state index contributed by atoms with van der Waals surface area (Å²) < 4.78 is 35.7. The first-order valence-electron chi connectivity index (χ1n) is 6.01. The van der Waals surface area contributed by atoms with Crippen molar-refractivity contribution < 1.29 is 18.0 Å². The van der Waals surface area contributed by atoms with Gasteiger partial charge in [0.15, 0.2) is 0 Å². The van der Waals surface area contributed by atoms with Crippen LogP contribution in [0.15, 0.2) is 18.2 Å². The topological polar surface area (TPSA) is 55.1 Å². The minimum atomic E-state index is -4.13. The third-order valence-electron chi connectivity index (χ3n) is 2.79. The second kappa shape index (κ2) is 6.45. The molecular formula is C13H17F3N2O. The quantitative estimate of drug-likeness (QED) is 0.640. The fourth-order valence-electron chi connectivity index (χ4n) is 1.65. The molecule has 0 bridgehead atoms. The van der Waals surface area contributed by atoms with Gasteiger partial charge in [0.2, 0.25) is 0 Å². The summed E-state index contributed by atoms with van der Waals surface area (Å²) in [7, 11) is 0. The van der Waals surface area contributed by atoms with E-state index in [0.29, 0.717) is 23.2 Å². The molecule has 3 N–H and O–H groups in total. The fraction of sp³-hybridized carbons (Fsp3) is 0.462. The van der Waals surface area contributed by atoms with Crippen LogP contribution in [0.4, 0.5) is 18.9 Å². The molecule has 0 spiro atoms. The monoisotopic (exact) mass is 274 g/mol. The first-order chi connectivity index (χ1) is 8.81. The van der Waals surface area contributed by atoms with Gasteiger partial charge in [0.25, 0.3) is 5.91 Å². The Kier molecular flexibility index (Phi) is 5.20. The van der Waals surface area contributed by atoms with Crippen molar-refractivity contribution in [1.82, 2.24) is 5.32 Å². The van der Waals surface area contributed by atoms with Crippen molar-refractivity contribution in [3.8, 4) is 0 Å². The summed E-state index contributed by atoms with van der Waals surface area (Å²) in [5, 5.41) is 2.59. The summed E-state index contributed by atoms with van der Waals surface area (Å²) in [5.41, 5.74) is 7.33.